The molecular formula is C8H12BrF3O2. The van der Waals surface area contributed by atoms with Crippen molar-refractivity contribution in [1.82, 2.24) is 0 Å². The zero-order valence-electron chi connectivity index (χ0n) is 7.57. The van der Waals surface area contributed by atoms with Gasteiger partial charge in [0.25, 0.3) is 0 Å². The zero-order chi connectivity index (χ0) is 11.0. The van der Waals surface area contributed by atoms with E-state index >= 15 is 0 Å². The third kappa shape index (κ3) is 9.83. The van der Waals surface area contributed by atoms with Crippen LogP contribution in [0, 0.1) is 0 Å². The molecule has 0 aliphatic heterocycles. The first-order valence-electron chi connectivity index (χ1n) is 4.24. The largest absolute Gasteiger partial charge is 0.456 e. The first-order chi connectivity index (χ1) is 6.45. The number of hydrogen-bond donors (Lipinski definition) is 0. The van der Waals surface area contributed by atoms with Crippen LogP contribution in [-0.2, 0) is 9.53 Å². The Morgan fingerprint density at radius 3 is 2.36 bits per heavy atom. The van der Waals surface area contributed by atoms with Crippen molar-refractivity contribution in [2.45, 2.75) is 31.9 Å². The Morgan fingerprint density at radius 2 is 1.86 bits per heavy atom. The fourth-order valence-electron chi connectivity index (χ4n) is 0.775. The molecule has 0 N–H and O–H groups in total. The van der Waals surface area contributed by atoms with Crippen LogP contribution in [0.15, 0.2) is 0 Å². The molecule has 0 bridgehead atoms. The number of rotatable bonds is 6. The van der Waals surface area contributed by atoms with Crippen molar-refractivity contribution in [2.24, 2.45) is 0 Å². The lowest BCUT2D eigenvalue weighted by molar-refractivity contribution is -0.186. The Morgan fingerprint density at radius 1 is 1.21 bits per heavy atom. The minimum absolute atomic E-state index is 0.0586. The highest BCUT2D eigenvalue weighted by Crippen LogP contribution is 2.15. The van der Waals surface area contributed by atoms with Crippen molar-refractivity contribution in [3.63, 3.8) is 0 Å². The zero-order valence-corrected chi connectivity index (χ0v) is 9.16. The van der Waals surface area contributed by atoms with Gasteiger partial charge in [0.2, 0.25) is 0 Å². The molecule has 6 heteroatoms. The van der Waals surface area contributed by atoms with Gasteiger partial charge in [-0.3, -0.25) is 4.79 Å². The van der Waals surface area contributed by atoms with Gasteiger partial charge in [-0.15, -0.1) is 0 Å². The number of alkyl halides is 4. The Labute approximate surface area is 88.9 Å². The summed E-state index contributed by atoms with van der Waals surface area (Å²) in [6.45, 7) is -1.48. The van der Waals surface area contributed by atoms with E-state index in [-0.39, 0.29) is 6.42 Å². The molecule has 0 aromatic carbocycles. The van der Waals surface area contributed by atoms with Crippen molar-refractivity contribution in [1.29, 1.82) is 0 Å². The van der Waals surface area contributed by atoms with Gasteiger partial charge in [-0.25, -0.2) is 0 Å². The number of esters is 1. The molecule has 0 radical (unpaired) electrons. The summed E-state index contributed by atoms with van der Waals surface area (Å²) in [6, 6.07) is 0. The van der Waals surface area contributed by atoms with Crippen LogP contribution in [0.3, 0.4) is 0 Å². The summed E-state index contributed by atoms with van der Waals surface area (Å²) in [5, 5.41) is 0.838. The predicted molar refractivity (Wildman–Crippen MR) is 49.3 cm³/mol. The lowest BCUT2D eigenvalue weighted by Gasteiger charge is -2.07. The SMILES string of the molecule is O=C(CCCCCBr)OCC(F)(F)F. The molecular weight excluding hydrogens is 265 g/mol. The van der Waals surface area contributed by atoms with Gasteiger partial charge in [-0.05, 0) is 12.8 Å². The monoisotopic (exact) mass is 276 g/mol. The number of halogens is 4. The van der Waals surface area contributed by atoms with Gasteiger partial charge in [0.05, 0.1) is 0 Å². The lowest BCUT2D eigenvalue weighted by atomic mass is 10.2. The Kier molecular flexibility index (Phi) is 6.96. The van der Waals surface area contributed by atoms with Gasteiger partial charge in [-0.1, -0.05) is 22.4 Å². The summed E-state index contributed by atoms with van der Waals surface area (Å²) in [6.07, 6.45) is -2.07. The molecule has 0 heterocycles. The van der Waals surface area contributed by atoms with Crippen LogP contribution < -0.4 is 0 Å². The van der Waals surface area contributed by atoms with Crippen molar-refractivity contribution < 1.29 is 22.7 Å². The van der Waals surface area contributed by atoms with Gasteiger partial charge in [0.1, 0.15) is 0 Å². The topological polar surface area (TPSA) is 26.3 Å². The molecule has 0 amide bonds. The third-order valence-corrected chi connectivity index (χ3v) is 1.97. The number of hydrogen-bond acceptors (Lipinski definition) is 2. The molecule has 0 aliphatic rings. The molecule has 0 rings (SSSR count). The smallest absolute Gasteiger partial charge is 0.422 e. The minimum Gasteiger partial charge on any atom is -0.456 e. The molecule has 0 aliphatic carbocycles. The van der Waals surface area contributed by atoms with Crippen LogP contribution in [0.2, 0.25) is 0 Å². The van der Waals surface area contributed by atoms with E-state index in [0.717, 1.165) is 18.2 Å². The molecule has 0 atom stereocenters. The average Bonchev–Trinajstić information content (AvgIpc) is 2.08. The molecule has 0 unspecified atom stereocenters. The van der Waals surface area contributed by atoms with Crippen LogP contribution in [-0.4, -0.2) is 24.1 Å². The van der Waals surface area contributed by atoms with E-state index in [1.165, 1.54) is 0 Å². The normalized spacial score (nSPS) is 11.4. The van der Waals surface area contributed by atoms with Crippen LogP contribution in [0.1, 0.15) is 25.7 Å². The van der Waals surface area contributed by atoms with Crippen LogP contribution in [0.5, 0.6) is 0 Å². The van der Waals surface area contributed by atoms with Gasteiger partial charge in [0, 0.05) is 11.8 Å². The fourth-order valence-corrected chi connectivity index (χ4v) is 1.17. The van der Waals surface area contributed by atoms with Gasteiger partial charge in [0.15, 0.2) is 6.61 Å². The highest BCUT2D eigenvalue weighted by atomic mass is 79.9. The third-order valence-electron chi connectivity index (χ3n) is 1.41. The molecule has 0 saturated heterocycles. The summed E-state index contributed by atoms with van der Waals surface area (Å²) in [4.78, 5) is 10.7. The number of ether oxygens (including phenoxy) is 1. The average molecular weight is 277 g/mol. The maximum atomic E-state index is 11.6. The Bertz CT molecular complexity index is 170. The quantitative estimate of drug-likeness (QED) is 0.424. The van der Waals surface area contributed by atoms with Crippen LogP contribution in [0.25, 0.3) is 0 Å². The molecule has 0 fully saturated rings. The van der Waals surface area contributed by atoms with Crippen LogP contribution >= 0.6 is 15.9 Å². The standard InChI is InChI=1S/C8H12BrF3O2/c9-5-3-1-2-4-7(13)14-6-8(10,11)12/h1-6H2. The van der Waals surface area contributed by atoms with Gasteiger partial charge >= 0.3 is 12.1 Å². The Hall–Kier alpha value is -0.260. The summed E-state index contributed by atoms with van der Waals surface area (Å²) in [7, 11) is 0. The highest BCUT2D eigenvalue weighted by Gasteiger charge is 2.29. The second-order valence-corrected chi connectivity index (χ2v) is 3.57. The van der Waals surface area contributed by atoms with Crippen molar-refractivity contribution in [2.75, 3.05) is 11.9 Å². The van der Waals surface area contributed by atoms with Gasteiger partial charge in [-0.2, -0.15) is 13.2 Å². The maximum absolute atomic E-state index is 11.6. The highest BCUT2D eigenvalue weighted by molar-refractivity contribution is 9.09. The summed E-state index contributed by atoms with van der Waals surface area (Å²) in [5.41, 5.74) is 0. The second kappa shape index (κ2) is 7.09. The molecule has 0 aromatic heterocycles. The number of carbonyl (C=O) groups is 1. The first-order valence-corrected chi connectivity index (χ1v) is 5.36. The van der Waals surface area contributed by atoms with E-state index in [1.807, 2.05) is 0 Å². The molecule has 2 nitrogen and oxygen atoms in total. The lowest BCUT2D eigenvalue weighted by Crippen LogP contribution is -2.20. The predicted octanol–water partition coefficient (Wildman–Crippen LogP) is 3.05. The summed E-state index contributed by atoms with van der Waals surface area (Å²) in [5.74, 6) is -0.781. The van der Waals surface area contributed by atoms with E-state index in [2.05, 4.69) is 20.7 Å². The molecule has 14 heavy (non-hydrogen) atoms. The molecule has 0 spiro atoms. The van der Waals surface area contributed by atoms with Crippen molar-refractivity contribution in [3.8, 4) is 0 Å². The van der Waals surface area contributed by atoms with E-state index < -0.39 is 18.8 Å². The van der Waals surface area contributed by atoms with Crippen molar-refractivity contribution in [3.05, 3.63) is 0 Å². The maximum Gasteiger partial charge on any atom is 0.422 e. The van der Waals surface area contributed by atoms with E-state index in [9.17, 15) is 18.0 Å². The van der Waals surface area contributed by atoms with E-state index in [0.29, 0.717) is 6.42 Å². The number of unbranched alkanes of at least 4 members (excludes halogenated alkanes) is 2. The molecule has 0 aromatic rings. The second-order valence-electron chi connectivity index (χ2n) is 2.78. The van der Waals surface area contributed by atoms with E-state index in [4.69, 9.17) is 0 Å². The van der Waals surface area contributed by atoms with Gasteiger partial charge < -0.3 is 4.74 Å². The summed E-state index contributed by atoms with van der Waals surface area (Å²) >= 11 is 3.21. The first kappa shape index (κ1) is 13.7. The van der Waals surface area contributed by atoms with Crippen LogP contribution in [0.4, 0.5) is 13.2 Å². The Balaban J connectivity index is 3.38. The minimum atomic E-state index is -4.43. The fraction of sp³-hybridized carbons (Fsp3) is 0.875. The van der Waals surface area contributed by atoms with E-state index in [1.54, 1.807) is 0 Å². The summed E-state index contributed by atoms with van der Waals surface area (Å²) < 4.78 is 38.7. The number of carbonyl (C=O) groups excluding carboxylic acids is 1. The van der Waals surface area contributed by atoms with Crippen molar-refractivity contribution >= 4 is 21.9 Å². The molecule has 84 valence electrons. The molecule has 0 saturated carbocycles.